The minimum Gasteiger partial charge on any atom is -0.369 e. The van der Waals surface area contributed by atoms with Gasteiger partial charge in [-0.05, 0) is 11.6 Å². The lowest BCUT2D eigenvalue weighted by Gasteiger charge is -1.92. The van der Waals surface area contributed by atoms with E-state index < -0.39 is 11.8 Å². The zero-order chi connectivity index (χ0) is 20.5. The van der Waals surface area contributed by atoms with Crippen LogP contribution in [0.2, 0.25) is 0 Å². The third-order valence-electron chi connectivity index (χ3n) is 2.69. The van der Waals surface area contributed by atoms with Gasteiger partial charge in [0, 0.05) is 5.56 Å². The Morgan fingerprint density at radius 1 is 0.889 bits per heavy atom. The summed E-state index contributed by atoms with van der Waals surface area (Å²) in [6, 6.07) is 21.5. The monoisotopic (exact) mass is 362 g/mol. The molecule has 2 amide bonds. The van der Waals surface area contributed by atoms with E-state index in [-0.39, 0.29) is 12.0 Å². The van der Waals surface area contributed by atoms with E-state index in [1.165, 1.54) is 6.08 Å². The van der Waals surface area contributed by atoms with Crippen molar-refractivity contribution in [1.82, 2.24) is 0 Å². The smallest absolute Gasteiger partial charge is 0.259 e. The van der Waals surface area contributed by atoms with Crippen LogP contribution in [0.25, 0.3) is 6.08 Å². The molecule has 7 heteroatoms. The Morgan fingerprint density at radius 2 is 1.37 bits per heavy atom. The number of primary amides is 2. The molecular weight excluding hydrogens is 344 g/mol. The number of amides is 2. The molecule has 0 saturated carbocycles. The van der Waals surface area contributed by atoms with Crippen LogP contribution in [-0.4, -0.2) is 18.1 Å². The van der Waals surface area contributed by atoms with Crippen molar-refractivity contribution in [1.29, 1.82) is 10.5 Å². The molecule has 0 aromatic heterocycles. The summed E-state index contributed by atoms with van der Waals surface area (Å²) in [4.78, 5) is 30.3. The first-order chi connectivity index (χ1) is 12.9. The molecular formula is C20H18N4O3. The fourth-order valence-corrected chi connectivity index (χ4v) is 1.48. The summed E-state index contributed by atoms with van der Waals surface area (Å²) in [5.41, 5.74) is 11.0. The summed E-state index contributed by atoms with van der Waals surface area (Å²) in [5, 5.41) is 16.2. The van der Waals surface area contributed by atoms with E-state index in [4.69, 9.17) is 16.3 Å². The minimum absolute atomic E-state index is 0.0359. The number of hydrogen-bond donors (Lipinski definition) is 2. The second-order valence-corrected chi connectivity index (χ2v) is 4.77. The van der Waals surface area contributed by atoms with Crippen molar-refractivity contribution >= 4 is 24.2 Å². The van der Waals surface area contributed by atoms with Crippen molar-refractivity contribution in [2.24, 2.45) is 11.5 Å². The van der Waals surface area contributed by atoms with Crippen LogP contribution in [0.1, 0.15) is 22.3 Å². The van der Waals surface area contributed by atoms with Crippen LogP contribution in [0.3, 0.4) is 0 Å². The summed E-state index contributed by atoms with van der Waals surface area (Å²) in [6.45, 7) is 0. The van der Waals surface area contributed by atoms with E-state index in [2.05, 4.69) is 5.73 Å². The molecule has 7 nitrogen and oxygen atoms in total. The molecule has 0 unspecified atom stereocenters. The van der Waals surface area contributed by atoms with Crippen LogP contribution in [0.4, 0.5) is 0 Å². The lowest BCUT2D eigenvalue weighted by Crippen LogP contribution is -2.12. The van der Waals surface area contributed by atoms with Crippen molar-refractivity contribution in [2.45, 2.75) is 6.42 Å². The molecule has 0 aliphatic carbocycles. The Bertz CT molecular complexity index is 848. The van der Waals surface area contributed by atoms with Crippen LogP contribution in [0, 0.1) is 22.7 Å². The van der Waals surface area contributed by atoms with E-state index in [9.17, 15) is 14.4 Å². The van der Waals surface area contributed by atoms with Gasteiger partial charge in [0.15, 0.2) is 0 Å². The Morgan fingerprint density at radius 3 is 1.63 bits per heavy atom. The molecule has 0 bridgehead atoms. The second-order valence-electron chi connectivity index (χ2n) is 4.77. The third kappa shape index (κ3) is 11.9. The van der Waals surface area contributed by atoms with Crippen LogP contribution in [0.5, 0.6) is 0 Å². The van der Waals surface area contributed by atoms with Crippen molar-refractivity contribution in [3.8, 4) is 12.1 Å². The Hall–Kier alpha value is -4.23. The van der Waals surface area contributed by atoms with Crippen molar-refractivity contribution in [3.05, 3.63) is 77.4 Å². The molecule has 0 spiro atoms. The van der Waals surface area contributed by atoms with E-state index in [1.54, 1.807) is 36.4 Å². The lowest BCUT2D eigenvalue weighted by atomic mass is 10.1. The summed E-state index contributed by atoms with van der Waals surface area (Å²) >= 11 is 0. The molecule has 2 aromatic carbocycles. The average molecular weight is 362 g/mol. The molecule has 27 heavy (non-hydrogen) atoms. The molecule has 0 radical (unpaired) electrons. The zero-order valence-corrected chi connectivity index (χ0v) is 14.4. The second kappa shape index (κ2) is 14.1. The van der Waals surface area contributed by atoms with Gasteiger partial charge >= 0.3 is 0 Å². The molecule has 2 rings (SSSR count). The van der Waals surface area contributed by atoms with E-state index in [0.717, 1.165) is 17.4 Å². The maximum Gasteiger partial charge on any atom is 0.259 e. The molecule has 0 fully saturated rings. The van der Waals surface area contributed by atoms with Gasteiger partial charge in [0.05, 0.1) is 6.07 Å². The highest BCUT2D eigenvalue weighted by Crippen LogP contribution is 2.05. The van der Waals surface area contributed by atoms with Gasteiger partial charge < -0.3 is 11.5 Å². The normalized spacial score (nSPS) is 9.04. The fourth-order valence-electron chi connectivity index (χ4n) is 1.48. The quantitative estimate of drug-likeness (QED) is 0.484. The Balaban J connectivity index is 0.000000413. The van der Waals surface area contributed by atoms with Crippen LogP contribution >= 0.6 is 0 Å². The van der Waals surface area contributed by atoms with Gasteiger partial charge in [-0.25, -0.2) is 0 Å². The number of carbonyl (C=O) groups is 3. The molecule has 0 aliphatic heterocycles. The number of carbonyl (C=O) groups excluding carboxylic acids is 3. The van der Waals surface area contributed by atoms with Gasteiger partial charge in [-0.3, -0.25) is 14.4 Å². The Kier molecular flexibility index (Phi) is 11.9. The molecule has 136 valence electrons. The van der Waals surface area contributed by atoms with Crippen molar-refractivity contribution in [3.63, 3.8) is 0 Å². The van der Waals surface area contributed by atoms with Gasteiger partial charge in [0.25, 0.3) is 5.91 Å². The van der Waals surface area contributed by atoms with Gasteiger partial charge in [0.1, 0.15) is 24.3 Å². The molecule has 0 heterocycles. The highest BCUT2D eigenvalue weighted by molar-refractivity contribution is 6.00. The number of aldehydes is 1. The lowest BCUT2D eigenvalue weighted by molar-refractivity contribution is -0.117. The standard InChI is InChI=1S/C10H8N2O.C7H6O.C3H4N2O/c11-7-9(10(12)13)6-8-4-2-1-3-5-8;8-6-7-4-2-1-3-5-7;4-2-1-3(5)6/h1-6H,(H2,12,13);1-6H;1H2,(H2,5,6)/b9-6+;;. The highest BCUT2D eigenvalue weighted by Gasteiger charge is 2.01. The SMILES string of the molecule is N#C/C(=C\c1ccccc1)C(N)=O.N#CCC(N)=O.O=Cc1ccccc1. The first-order valence-electron chi connectivity index (χ1n) is 7.56. The predicted octanol–water partition coefficient (Wildman–Crippen LogP) is 1.96. The molecule has 0 saturated heterocycles. The van der Waals surface area contributed by atoms with Gasteiger partial charge in [-0.1, -0.05) is 60.7 Å². The maximum absolute atomic E-state index is 10.7. The van der Waals surface area contributed by atoms with Gasteiger partial charge in [-0.15, -0.1) is 0 Å². The third-order valence-corrected chi connectivity index (χ3v) is 2.69. The Labute approximate surface area is 157 Å². The van der Waals surface area contributed by atoms with Gasteiger partial charge in [0.2, 0.25) is 5.91 Å². The van der Waals surface area contributed by atoms with E-state index in [0.29, 0.717) is 0 Å². The van der Waals surface area contributed by atoms with Gasteiger partial charge in [-0.2, -0.15) is 10.5 Å². The van der Waals surface area contributed by atoms with Crippen molar-refractivity contribution in [2.75, 3.05) is 0 Å². The number of nitriles is 2. The highest BCUT2D eigenvalue weighted by atomic mass is 16.1. The summed E-state index contributed by atoms with van der Waals surface area (Å²) in [7, 11) is 0. The first kappa shape index (κ1) is 22.8. The summed E-state index contributed by atoms with van der Waals surface area (Å²) in [5.74, 6) is -1.27. The predicted molar refractivity (Wildman–Crippen MR) is 100 cm³/mol. The maximum atomic E-state index is 10.7. The molecule has 0 atom stereocenters. The minimum atomic E-state index is -0.702. The van der Waals surface area contributed by atoms with Crippen LogP contribution < -0.4 is 11.5 Å². The molecule has 0 aliphatic rings. The summed E-state index contributed by atoms with van der Waals surface area (Å²) < 4.78 is 0. The largest absolute Gasteiger partial charge is 0.369 e. The zero-order valence-electron chi connectivity index (χ0n) is 14.4. The van der Waals surface area contributed by atoms with Crippen molar-refractivity contribution < 1.29 is 14.4 Å². The number of nitrogens with two attached hydrogens (primary N) is 2. The molecule has 4 N–H and O–H groups in total. The fraction of sp³-hybridized carbons (Fsp3) is 0.0500. The van der Waals surface area contributed by atoms with E-state index >= 15 is 0 Å². The van der Waals surface area contributed by atoms with E-state index in [1.807, 2.05) is 36.4 Å². The topological polar surface area (TPSA) is 151 Å². The number of nitrogens with zero attached hydrogens (tertiary/aromatic N) is 2. The molecule has 2 aromatic rings. The number of hydrogen-bond acceptors (Lipinski definition) is 5. The average Bonchev–Trinajstić information content (AvgIpc) is 2.68. The number of benzene rings is 2. The van der Waals surface area contributed by atoms with Crippen LogP contribution in [-0.2, 0) is 9.59 Å². The summed E-state index contributed by atoms with van der Waals surface area (Å²) in [6.07, 6.45) is 2.11. The first-order valence-corrected chi connectivity index (χ1v) is 7.56. The number of rotatable bonds is 4. The van der Waals surface area contributed by atoms with Crippen LogP contribution in [0.15, 0.2) is 66.2 Å².